The van der Waals surface area contributed by atoms with Crippen LogP contribution in [0.4, 0.5) is 0 Å². The van der Waals surface area contributed by atoms with Gasteiger partial charge in [-0.1, -0.05) is 24.3 Å². The molecule has 31 heavy (non-hydrogen) atoms. The third kappa shape index (κ3) is 5.47. The topological polar surface area (TPSA) is 73.1 Å². The Hall–Kier alpha value is -2.80. The number of aliphatic imine (C=N–C) groups is 1. The fraction of sp³-hybridized carbons (Fsp3) is 0.500. The van der Waals surface area contributed by atoms with E-state index in [1.807, 2.05) is 29.2 Å². The van der Waals surface area contributed by atoms with Crippen molar-refractivity contribution >= 4 is 11.9 Å². The maximum atomic E-state index is 12.6. The van der Waals surface area contributed by atoms with E-state index in [0.29, 0.717) is 13.0 Å². The van der Waals surface area contributed by atoms with Crippen LogP contribution < -0.4 is 10.6 Å². The highest BCUT2D eigenvalue weighted by Crippen LogP contribution is 2.25. The summed E-state index contributed by atoms with van der Waals surface area (Å²) in [6.45, 7) is 5.11. The van der Waals surface area contributed by atoms with Crippen molar-refractivity contribution in [1.82, 2.24) is 20.4 Å². The lowest BCUT2D eigenvalue weighted by Crippen LogP contribution is -2.43. The van der Waals surface area contributed by atoms with Crippen LogP contribution in [0.15, 0.2) is 52.1 Å². The van der Waals surface area contributed by atoms with E-state index >= 15 is 0 Å². The van der Waals surface area contributed by atoms with Crippen molar-refractivity contribution < 1.29 is 9.21 Å². The predicted molar refractivity (Wildman–Crippen MR) is 122 cm³/mol. The van der Waals surface area contributed by atoms with E-state index < -0.39 is 0 Å². The molecule has 0 saturated carbocycles. The molecule has 3 heterocycles. The zero-order valence-corrected chi connectivity index (χ0v) is 18.3. The van der Waals surface area contributed by atoms with Gasteiger partial charge in [0.2, 0.25) is 5.91 Å². The van der Waals surface area contributed by atoms with Gasteiger partial charge in [-0.15, -0.1) is 0 Å². The molecule has 2 aromatic rings. The number of benzene rings is 1. The molecule has 1 atom stereocenters. The van der Waals surface area contributed by atoms with Gasteiger partial charge < -0.3 is 20.0 Å². The molecule has 2 N–H and O–H groups in total. The van der Waals surface area contributed by atoms with Crippen LogP contribution in [0.25, 0.3) is 0 Å². The number of fused-ring (bicyclic) bond motifs is 1. The Bertz CT molecular complexity index is 849. The minimum Gasteiger partial charge on any atom is -0.468 e. The summed E-state index contributed by atoms with van der Waals surface area (Å²) in [6, 6.07) is 12.5. The first kappa shape index (κ1) is 21.4. The molecule has 1 aromatic carbocycles. The van der Waals surface area contributed by atoms with Gasteiger partial charge in [-0.3, -0.25) is 14.7 Å². The molecule has 2 aliphatic heterocycles. The van der Waals surface area contributed by atoms with Crippen molar-refractivity contribution in [2.24, 2.45) is 4.99 Å². The number of nitrogens with one attached hydrogen (secondary N) is 2. The van der Waals surface area contributed by atoms with Crippen molar-refractivity contribution in [2.45, 2.75) is 44.8 Å². The second-order valence-electron chi connectivity index (χ2n) is 8.28. The van der Waals surface area contributed by atoms with Gasteiger partial charge in [-0.25, -0.2) is 0 Å². The number of hydrogen-bond donors (Lipinski definition) is 2. The maximum absolute atomic E-state index is 12.6. The highest BCUT2D eigenvalue weighted by Gasteiger charge is 2.26. The first-order chi connectivity index (χ1) is 15.2. The fourth-order valence-electron chi connectivity index (χ4n) is 4.47. The molecule has 1 unspecified atom stereocenters. The third-order valence-corrected chi connectivity index (χ3v) is 6.19. The van der Waals surface area contributed by atoms with Crippen molar-refractivity contribution in [3.63, 3.8) is 0 Å². The number of carbonyl (C=O) groups is 1. The van der Waals surface area contributed by atoms with E-state index in [9.17, 15) is 4.79 Å². The lowest BCUT2D eigenvalue weighted by Gasteiger charge is -2.26. The molecule has 166 valence electrons. The second kappa shape index (κ2) is 10.5. The van der Waals surface area contributed by atoms with Crippen LogP contribution in [0, 0.1) is 0 Å². The number of guanidine groups is 1. The molecular weight excluding hydrogens is 390 g/mol. The molecule has 1 saturated heterocycles. The molecule has 0 bridgehead atoms. The standard InChI is InChI=1S/C24H33N5O2/c1-25-24(27-16-21(22-10-7-15-31-22)28-13-4-5-14-28)26-12-6-11-23(30)29-17-19-8-2-3-9-20(19)18-29/h2-3,7-10,15,21H,4-6,11-14,16-18H2,1H3,(H2,25,26,27). The molecule has 2 aliphatic rings. The molecule has 1 aromatic heterocycles. The van der Waals surface area contributed by atoms with Crippen LogP contribution in [0.3, 0.4) is 0 Å². The van der Waals surface area contributed by atoms with Crippen LogP contribution in [0.2, 0.25) is 0 Å². The van der Waals surface area contributed by atoms with Gasteiger partial charge >= 0.3 is 0 Å². The van der Waals surface area contributed by atoms with Gasteiger partial charge in [0.25, 0.3) is 0 Å². The summed E-state index contributed by atoms with van der Waals surface area (Å²) < 4.78 is 5.69. The maximum Gasteiger partial charge on any atom is 0.223 e. The monoisotopic (exact) mass is 423 g/mol. The fourth-order valence-corrected chi connectivity index (χ4v) is 4.47. The summed E-state index contributed by atoms with van der Waals surface area (Å²) >= 11 is 0. The first-order valence-corrected chi connectivity index (χ1v) is 11.3. The smallest absolute Gasteiger partial charge is 0.223 e. The summed E-state index contributed by atoms with van der Waals surface area (Å²) in [5.74, 6) is 1.96. The van der Waals surface area contributed by atoms with E-state index in [1.54, 1.807) is 13.3 Å². The van der Waals surface area contributed by atoms with Gasteiger partial charge in [0.05, 0.1) is 12.3 Å². The van der Waals surface area contributed by atoms with Gasteiger partial charge in [0.1, 0.15) is 5.76 Å². The van der Waals surface area contributed by atoms with Crippen molar-refractivity contribution in [3.05, 3.63) is 59.5 Å². The Morgan fingerprint density at radius 1 is 1.10 bits per heavy atom. The number of nitrogens with zero attached hydrogens (tertiary/aromatic N) is 3. The van der Waals surface area contributed by atoms with Crippen LogP contribution >= 0.6 is 0 Å². The summed E-state index contributed by atoms with van der Waals surface area (Å²) in [7, 11) is 1.78. The van der Waals surface area contributed by atoms with E-state index in [1.165, 1.54) is 24.0 Å². The number of likely N-dealkylation sites (tertiary alicyclic amines) is 1. The number of carbonyl (C=O) groups excluding carboxylic acids is 1. The van der Waals surface area contributed by atoms with Gasteiger partial charge in [-0.2, -0.15) is 0 Å². The molecule has 1 amide bonds. The minimum absolute atomic E-state index is 0.203. The van der Waals surface area contributed by atoms with E-state index in [2.05, 4.69) is 32.7 Å². The Kier molecular flexibility index (Phi) is 7.25. The number of furan rings is 1. The van der Waals surface area contributed by atoms with Crippen LogP contribution in [-0.2, 0) is 17.9 Å². The zero-order valence-electron chi connectivity index (χ0n) is 18.3. The highest BCUT2D eigenvalue weighted by atomic mass is 16.3. The summed E-state index contributed by atoms with van der Waals surface area (Å²) in [6.07, 6.45) is 5.53. The second-order valence-corrected chi connectivity index (χ2v) is 8.28. The number of hydrogen-bond acceptors (Lipinski definition) is 4. The average Bonchev–Trinajstić information content (AvgIpc) is 3.56. The van der Waals surface area contributed by atoms with Crippen LogP contribution in [-0.4, -0.2) is 54.9 Å². The molecule has 7 heteroatoms. The molecule has 1 fully saturated rings. The Morgan fingerprint density at radius 2 is 1.84 bits per heavy atom. The molecule has 7 nitrogen and oxygen atoms in total. The molecule has 4 rings (SSSR count). The Balaban J connectivity index is 1.19. The minimum atomic E-state index is 0.203. The Morgan fingerprint density at radius 3 is 2.48 bits per heavy atom. The van der Waals surface area contributed by atoms with Crippen molar-refractivity contribution in [3.8, 4) is 0 Å². The first-order valence-electron chi connectivity index (χ1n) is 11.3. The Labute approximate surface area is 184 Å². The lowest BCUT2D eigenvalue weighted by molar-refractivity contribution is -0.131. The van der Waals surface area contributed by atoms with E-state index in [4.69, 9.17) is 4.42 Å². The van der Waals surface area contributed by atoms with Crippen molar-refractivity contribution in [1.29, 1.82) is 0 Å². The van der Waals surface area contributed by atoms with Crippen molar-refractivity contribution in [2.75, 3.05) is 33.2 Å². The lowest BCUT2D eigenvalue weighted by atomic mass is 10.1. The normalized spacial score (nSPS) is 17.6. The molecular formula is C24H33N5O2. The molecule has 0 aliphatic carbocycles. The number of amides is 1. The summed E-state index contributed by atoms with van der Waals surface area (Å²) in [5.41, 5.74) is 2.53. The van der Waals surface area contributed by atoms with Gasteiger partial charge in [0.15, 0.2) is 5.96 Å². The van der Waals surface area contributed by atoms with E-state index in [0.717, 1.165) is 50.9 Å². The van der Waals surface area contributed by atoms with Crippen LogP contribution in [0.1, 0.15) is 48.6 Å². The quantitative estimate of drug-likeness (QED) is 0.388. The van der Waals surface area contributed by atoms with E-state index in [-0.39, 0.29) is 11.9 Å². The molecule has 0 spiro atoms. The van der Waals surface area contributed by atoms with Gasteiger partial charge in [-0.05, 0) is 55.6 Å². The predicted octanol–water partition coefficient (Wildman–Crippen LogP) is 2.90. The third-order valence-electron chi connectivity index (χ3n) is 6.19. The van der Waals surface area contributed by atoms with Gasteiger partial charge in [0, 0.05) is 39.6 Å². The number of rotatable bonds is 8. The largest absolute Gasteiger partial charge is 0.468 e. The highest BCUT2D eigenvalue weighted by molar-refractivity contribution is 5.80. The zero-order chi connectivity index (χ0) is 21.5. The average molecular weight is 424 g/mol. The SMILES string of the molecule is CN=C(NCCCC(=O)N1Cc2ccccc2C1)NCC(c1ccco1)N1CCCC1. The molecule has 0 radical (unpaired) electrons. The van der Waals surface area contributed by atoms with Crippen LogP contribution in [0.5, 0.6) is 0 Å². The summed E-state index contributed by atoms with van der Waals surface area (Å²) in [5, 5.41) is 6.77. The summed E-state index contributed by atoms with van der Waals surface area (Å²) in [4.78, 5) is 21.3.